The fourth-order valence-corrected chi connectivity index (χ4v) is 5.83. The Hall–Kier alpha value is -1.83. The summed E-state index contributed by atoms with van der Waals surface area (Å²) in [4.78, 5) is 28.5. The quantitative estimate of drug-likeness (QED) is 0.449. The maximum Gasteiger partial charge on any atom is 0.174 e. The van der Waals surface area contributed by atoms with Gasteiger partial charge in [0.2, 0.25) is 0 Å². The van der Waals surface area contributed by atoms with Gasteiger partial charge in [-0.15, -0.1) is 0 Å². The van der Waals surface area contributed by atoms with Gasteiger partial charge in [0.1, 0.15) is 0 Å². The summed E-state index contributed by atoms with van der Waals surface area (Å²) in [6, 6.07) is 4.06. The minimum absolute atomic E-state index is 0.169. The summed E-state index contributed by atoms with van der Waals surface area (Å²) >= 11 is 2.28. The normalized spacial score (nSPS) is 19.5. The van der Waals surface area contributed by atoms with Crippen molar-refractivity contribution >= 4 is 34.2 Å². The van der Waals surface area contributed by atoms with Crippen LogP contribution in [0.3, 0.4) is 0 Å². The van der Waals surface area contributed by atoms with Crippen LogP contribution in [-0.4, -0.2) is 36.7 Å². The first-order valence-corrected chi connectivity index (χ1v) is 12.4. The molecule has 0 radical (unpaired) electrons. The molecule has 0 saturated carbocycles. The Bertz CT molecular complexity index is 934. The highest BCUT2D eigenvalue weighted by atomic mass is 127. The predicted octanol–water partition coefficient (Wildman–Crippen LogP) is 5.52. The number of Topliss-reactive ketones (excluding diaryl/α,β-unsaturated/α-hetero) is 2. The molecule has 0 N–H and O–H groups in total. The van der Waals surface area contributed by atoms with Crippen molar-refractivity contribution in [2.75, 3.05) is 20.3 Å². The number of ketones is 2. The highest BCUT2D eigenvalue weighted by Crippen LogP contribution is 2.50. The first-order chi connectivity index (χ1) is 15.0. The molecule has 0 unspecified atom stereocenters. The van der Waals surface area contributed by atoms with E-state index in [1.54, 1.807) is 0 Å². The lowest BCUT2D eigenvalue weighted by molar-refractivity contribution is -0.117. The average molecular weight is 535 g/mol. The van der Waals surface area contributed by atoms with E-state index in [9.17, 15) is 9.59 Å². The van der Waals surface area contributed by atoms with Gasteiger partial charge in [-0.05, 0) is 79.3 Å². The third kappa shape index (κ3) is 4.03. The van der Waals surface area contributed by atoms with Gasteiger partial charge in [0.25, 0.3) is 0 Å². The predicted molar refractivity (Wildman–Crippen MR) is 128 cm³/mol. The van der Waals surface area contributed by atoms with Gasteiger partial charge in [0, 0.05) is 48.3 Å². The number of benzene rings is 1. The molecule has 6 heteroatoms. The Kier molecular flexibility index (Phi) is 6.74. The molecule has 2 aliphatic carbocycles. The molecule has 1 aromatic rings. The van der Waals surface area contributed by atoms with Crippen molar-refractivity contribution in [3.05, 3.63) is 43.8 Å². The minimum Gasteiger partial charge on any atom is -0.490 e. The van der Waals surface area contributed by atoms with Crippen LogP contribution in [0.2, 0.25) is 0 Å². The number of carbonyl (C=O) groups excluding carboxylic acids is 2. The molecule has 1 heterocycles. The standard InChI is InChI=1S/C25H30INO4/c1-4-12-31-25-16(26)13-15(14-21(25)30-5-2)22-23-17(8-6-10-19(23)28)27(3)18-9-7-11-20(29)24(18)22/h13-14,22H,4-12H2,1-3H3. The summed E-state index contributed by atoms with van der Waals surface area (Å²) in [6.07, 6.45) is 5.51. The number of ether oxygens (including phenoxy) is 2. The summed E-state index contributed by atoms with van der Waals surface area (Å²) < 4.78 is 12.9. The van der Waals surface area contributed by atoms with E-state index >= 15 is 0 Å². The van der Waals surface area contributed by atoms with E-state index in [1.807, 2.05) is 20.0 Å². The summed E-state index contributed by atoms with van der Waals surface area (Å²) in [5, 5.41) is 0. The Morgan fingerprint density at radius 3 is 2.13 bits per heavy atom. The van der Waals surface area contributed by atoms with Crippen LogP contribution in [0.1, 0.15) is 70.3 Å². The summed E-state index contributed by atoms with van der Waals surface area (Å²) in [5.41, 5.74) is 4.75. The first-order valence-electron chi connectivity index (χ1n) is 11.3. The van der Waals surface area contributed by atoms with Crippen LogP contribution >= 0.6 is 22.6 Å². The molecule has 166 valence electrons. The van der Waals surface area contributed by atoms with Gasteiger partial charge < -0.3 is 14.4 Å². The maximum atomic E-state index is 13.2. The molecule has 1 aliphatic heterocycles. The number of nitrogens with zero attached hydrogens (tertiary/aromatic N) is 1. The first kappa shape index (κ1) is 22.4. The molecular formula is C25H30INO4. The molecular weight excluding hydrogens is 505 g/mol. The molecule has 0 amide bonds. The minimum atomic E-state index is -0.310. The van der Waals surface area contributed by atoms with Crippen LogP contribution in [0.5, 0.6) is 11.5 Å². The Balaban J connectivity index is 1.91. The number of carbonyl (C=O) groups is 2. The van der Waals surface area contributed by atoms with Crippen molar-refractivity contribution in [2.24, 2.45) is 0 Å². The summed E-state index contributed by atoms with van der Waals surface area (Å²) in [5.74, 6) is 1.46. The molecule has 5 nitrogen and oxygen atoms in total. The Morgan fingerprint density at radius 2 is 1.58 bits per heavy atom. The number of hydrogen-bond donors (Lipinski definition) is 0. The maximum absolute atomic E-state index is 13.2. The van der Waals surface area contributed by atoms with E-state index in [2.05, 4.69) is 40.5 Å². The van der Waals surface area contributed by atoms with Crippen molar-refractivity contribution in [3.8, 4) is 11.5 Å². The number of hydrogen-bond acceptors (Lipinski definition) is 5. The van der Waals surface area contributed by atoms with E-state index in [0.717, 1.165) is 69.5 Å². The Labute approximate surface area is 198 Å². The summed E-state index contributed by atoms with van der Waals surface area (Å²) in [6.45, 7) is 5.17. The smallest absolute Gasteiger partial charge is 0.174 e. The topological polar surface area (TPSA) is 55.8 Å². The van der Waals surface area contributed by atoms with Gasteiger partial charge in [0.15, 0.2) is 23.1 Å². The molecule has 1 aromatic carbocycles. The average Bonchev–Trinajstić information content (AvgIpc) is 2.75. The molecule has 0 fully saturated rings. The Morgan fingerprint density at radius 1 is 0.968 bits per heavy atom. The van der Waals surface area contributed by atoms with Gasteiger partial charge in [-0.3, -0.25) is 9.59 Å². The lowest BCUT2D eigenvalue weighted by Crippen LogP contribution is -2.37. The SMILES string of the molecule is CCCOc1c(I)cc(C2C3=C(CCCC3=O)N(C)C3=C2C(=O)CCC3)cc1OCC. The second-order valence-corrected chi connectivity index (χ2v) is 9.54. The molecule has 3 aliphatic rings. The second-order valence-electron chi connectivity index (χ2n) is 8.38. The van der Waals surface area contributed by atoms with Crippen LogP contribution in [0.25, 0.3) is 0 Å². The largest absolute Gasteiger partial charge is 0.490 e. The molecule has 0 saturated heterocycles. The molecule has 31 heavy (non-hydrogen) atoms. The molecule has 0 spiro atoms. The lowest BCUT2D eigenvalue weighted by atomic mass is 9.71. The zero-order valence-corrected chi connectivity index (χ0v) is 20.7. The lowest BCUT2D eigenvalue weighted by Gasteiger charge is -2.42. The van der Waals surface area contributed by atoms with Crippen LogP contribution in [-0.2, 0) is 9.59 Å². The van der Waals surface area contributed by atoms with Crippen molar-refractivity contribution in [1.82, 2.24) is 4.90 Å². The monoisotopic (exact) mass is 535 g/mol. The zero-order chi connectivity index (χ0) is 22.1. The molecule has 0 atom stereocenters. The molecule has 0 aromatic heterocycles. The number of halogens is 1. The third-order valence-electron chi connectivity index (χ3n) is 6.36. The van der Waals surface area contributed by atoms with E-state index < -0.39 is 0 Å². The van der Waals surface area contributed by atoms with Crippen LogP contribution in [0.15, 0.2) is 34.7 Å². The highest BCUT2D eigenvalue weighted by molar-refractivity contribution is 14.1. The zero-order valence-electron chi connectivity index (χ0n) is 18.6. The van der Waals surface area contributed by atoms with Gasteiger partial charge in [-0.25, -0.2) is 0 Å². The van der Waals surface area contributed by atoms with Gasteiger partial charge >= 0.3 is 0 Å². The van der Waals surface area contributed by atoms with Gasteiger partial charge in [-0.1, -0.05) is 6.92 Å². The van der Waals surface area contributed by atoms with Crippen molar-refractivity contribution in [3.63, 3.8) is 0 Å². The van der Waals surface area contributed by atoms with E-state index in [4.69, 9.17) is 9.47 Å². The van der Waals surface area contributed by atoms with E-state index in [0.29, 0.717) is 31.8 Å². The van der Waals surface area contributed by atoms with Crippen LogP contribution < -0.4 is 9.47 Å². The molecule has 0 bridgehead atoms. The van der Waals surface area contributed by atoms with Crippen LogP contribution in [0.4, 0.5) is 0 Å². The van der Waals surface area contributed by atoms with Crippen molar-refractivity contribution in [1.29, 1.82) is 0 Å². The molecule has 4 rings (SSSR count). The van der Waals surface area contributed by atoms with Gasteiger partial charge in [0.05, 0.1) is 16.8 Å². The van der Waals surface area contributed by atoms with E-state index in [-0.39, 0.29) is 17.5 Å². The van der Waals surface area contributed by atoms with Gasteiger partial charge in [-0.2, -0.15) is 0 Å². The van der Waals surface area contributed by atoms with Crippen LogP contribution in [0, 0.1) is 3.57 Å². The summed E-state index contributed by atoms with van der Waals surface area (Å²) in [7, 11) is 2.02. The fraction of sp³-hybridized carbons (Fsp3) is 0.520. The highest BCUT2D eigenvalue weighted by Gasteiger charge is 2.42. The van der Waals surface area contributed by atoms with Crippen molar-refractivity contribution in [2.45, 2.75) is 64.7 Å². The number of allylic oxidation sites excluding steroid dienone is 4. The number of rotatable bonds is 6. The van der Waals surface area contributed by atoms with E-state index in [1.165, 1.54) is 0 Å². The second kappa shape index (κ2) is 9.35. The van der Waals surface area contributed by atoms with Crippen molar-refractivity contribution < 1.29 is 19.1 Å². The third-order valence-corrected chi connectivity index (χ3v) is 7.16. The fourth-order valence-electron chi connectivity index (χ4n) is 5.05.